The van der Waals surface area contributed by atoms with E-state index in [-0.39, 0.29) is 0 Å². The van der Waals surface area contributed by atoms with E-state index in [2.05, 4.69) is 35.9 Å². The zero-order chi connectivity index (χ0) is 8.97. The summed E-state index contributed by atoms with van der Waals surface area (Å²) in [5, 5.41) is 0.984. The lowest BCUT2D eigenvalue weighted by Gasteiger charge is -2.07. The minimum atomic E-state index is 0.382. The van der Waals surface area contributed by atoms with Crippen LogP contribution in [0.2, 0.25) is 0 Å². The number of rotatable bonds is 3. The minimum absolute atomic E-state index is 0.382. The van der Waals surface area contributed by atoms with Gasteiger partial charge in [-0.15, -0.1) is 0 Å². The van der Waals surface area contributed by atoms with Crippen LogP contribution in [0.3, 0.4) is 0 Å². The Labute approximate surface area is 83.3 Å². The summed E-state index contributed by atoms with van der Waals surface area (Å²) in [7, 11) is 0. The third kappa shape index (κ3) is 2.91. The van der Waals surface area contributed by atoms with Gasteiger partial charge in [0.15, 0.2) is 0 Å². The Morgan fingerprint density at radius 1 is 1.58 bits per heavy atom. The Hall–Kier alpha value is 0.180. The fourth-order valence-electron chi connectivity index (χ4n) is 1.48. The summed E-state index contributed by atoms with van der Waals surface area (Å²) in [5.74, 6) is 0. The van der Waals surface area contributed by atoms with E-state index < -0.39 is 0 Å². The molecule has 0 amide bonds. The largest absolute Gasteiger partial charge is 0.371 e. The van der Waals surface area contributed by atoms with E-state index in [9.17, 15) is 0 Å². The molecule has 12 heavy (non-hydrogen) atoms. The lowest BCUT2D eigenvalue weighted by atomic mass is 10.1. The molecule has 0 N–H and O–H groups in total. The molecule has 1 aliphatic heterocycles. The van der Waals surface area contributed by atoms with Gasteiger partial charge < -0.3 is 4.74 Å². The maximum absolute atomic E-state index is 5.70. The van der Waals surface area contributed by atoms with Crippen molar-refractivity contribution in [3.8, 4) is 0 Å². The van der Waals surface area contributed by atoms with Crippen LogP contribution in [0.4, 0.5) is 0 Å². The Morgan fingerprint density at radius 3 is 2.75 bits per heavy atom. The fraction of sp³-hybridized carbons (Fsp3) is 0.800. The second-order valence-electron chi connectivity index (χ2n) is 3.37. The van der Waals surface area contributed by atoms with Gasteiger partial charge in [-0.25, -0.2) is 0 Å². The van der Waals surface area contributed by atoms with Crippen LogP contribution in [-0.2, 0) is 4.74 Å². The first-order valence-electron chi connectivity index (χ1n) is 4.67. The number of hydrogen-bond acceptors (Lipinski definition) is 1. The monoisotopic (exact) mass is 232 g/mol. The van der Waals surface area contributed by atoms with E-state index in [4.69, 9.17) is 4.74 Å². The maximum Gasteiger partial charge on any atom is 0.0763 e. The molecule has 1 saturated heterocycles. The van der Waals surface area contributed by atoms with Crippen molar-refractivity contribution in [1.82, 2.24) is 0 Å². The molecule has 1 nitrogen and oxygen atoms in total. The van der Waals surface area contributed by atoms with Crippen LogP contribution in [0.25, 0.3) is 0 Å². The highest BCUT2D eigenvalue weighted by atomic mass is 79.9. The van der Waals surface area contributed by atoms with E-state index in [1.807, 2.05) is 0 Å². The Bertz CT molecular complexity index is 159. The molecule has 2 heteroatoms. The lowest BCUT2D eigenvalue weighted by Crippen LogP contribution is -2.05. The lowest BCUT2D eigenvalue weighted by molar-refractivity contribution is 0.0828. The summed E-state index contributed by atoms with van der Waals surface area (Å²) in [5.41, 5.74) is 1.45. The molecule has 1 heterocycles. The first kappa shape index (κ1) is 10.3. The van der Waals surface area contributed by atoms with E-state index >= 15 is 0 Å². The van der Waals surface area contributed by atoms with Crippen LogP contribution in [0.15, 0.2) is 11.6 Å². The van der Waals surface area contributed by atoms with Crippen molar-refractivity contribution in [2.45, 2.75) is 45.3 Å². The predicted octanol–water partition coefficient (Wildman–Crippen LogP) is 3.29. The molecule has 0 bridgehead atoms. The Kier molecular flexibility index (Phi) is 4.30. The first-order chi connectivity index (χ1) is 5.76. The molecule has 0 saturated carbocycles. The summed E-state index contributed by atoms with van der Waals surface area (Å²) in [4.78, 5) is 0. The summed E-state index contributed by atoms with van der Waals surface area (Å²) in [6, 6.07) is 0. The molecule has 1 fully saturated rings. The van der Waals surface area contributed by atoms with Crippen LogP contribution in [0, 0.1) is 0 Å². The summed E-state index contributed by atoms with van der Waals surface area (Å²) in [6.45, 7) is 4.33. The van der Waals surface area contributed by atoms with Gasteiger partial charge in [0, 0.05) is 5.33 Å². The topological polar surface area (TPSA) is 9.23 Å². The maximum atomic E-state index is 5.70. The van der Waals surface area contributed by atoms with Crippen LogP contribution >= 0.6 is 15.9 Å². The Balaban J connectivity index is 2.43. The molecule has 1 aliphatic rings. The van der Waals surface area contributed by atoms with Gasteiger partial charge in [-0.3, -0.25) is 0 Å². The molecule has 1 rings (SSSR count). The van der Waals surface area contributed by atoms with Gasteiger partial charge in [0.2, 0.25) is 0 Å². The highest BCUT2D eigenvalue weighted by Crippen LogP contribution is 2.22. The number of alkyl halides is 1. The quantitative estimate of drug-likeness (QED) is 0.537. The predicted molar refractivity (Wildman–Crippen MR) is 55.7 cm³/mol. The summed E-state index contributed by atoms with van der Waals surface area (Å²) >= 11 is 3.47. The number of allylic oxidation sites excluding steroid dienone is 1. The molecule has 0 spiro atoms. The van der Waals surface area contributed by atoms with Crippen LogP contribution < -0.4 is 0 Å². The molecule has 0 aliphatic carbocycles. The van der Waals surface area contributed by atoms with Crippen molar-refractivity contribution in [3.63, 3.8) is 0 Å². The average molecular weight is 233 g/mol. The summed E-state index contributed by atoms with van der Waals surface area (Å²) < 4.78 is 5.70. The van der Waals surface area contributed by atoms with E-state index in [0.717, 1.165) is 11.8 Å². The third-order valence-electron chi connectivity index (χ3n) is 2.31. The molecular weight excluding hydrogens is 216 g/mol. The van der Waals surface area contributed by atoms with Gasteiger partial charge >= 0.3 is 0 Å². The van der Waals surface area contributed by atoms with Crippen molar-refractivity contribution in [2.24, 2.45) is 0 Å². The smallest absolute Gasteiger partial charge is 0.0763 e. The summed E-state index contributed by atoms with van der Waals surface area (Å²) in [6.07, 6.45) is 6.64. The second-order valence-corrected chi connectivity index (χ2v) is 3.94. The minimum Gasteiger partial charge on any atom is -0.371 e. The van der Waals surface area contributed by atoms with Crippen molar-refractivity contribution >= 4 is 15.9 Å². The molecule has 0 aromatic carbocycles. The van der Waals surface area contributed by atoms with Crippen molar-refractivity contribution in [2.75, 3.05) is 5.33 Å². The highest BCUT2D eigenvalue weighted by molar-refractivity contribution is 9.09. The molecule has 2 atom stereocenters. The van der Waals surface area contributed by atoms with Gasteiger partial charge in [-0.2, -0.15) is 0 Å². The SMILES string of the molecule is CCC(=CC1CCC(C)O1)CBr. The van der Waals surface area contributed by atoms with Crippen molar-refractivity contribution in [1.29, 1.82) is 0 Å². The van der Waals surface area contributed by atoms with Crippen LogP contribution in [-0.4, -0.2) is 17.5 Å². The van der Waals surface area contributed by atoms with Gasteiger partial charge in [-0.1, -0.05) is 34.5 Å². The number of halogens is 1. The zero-order valence-corrected chi connectivity index (χ0v) is 9.43. The van der Waals surface area contributed by atoms with Crippen LogP contribution in [0.1, 0.15) is 33.1 Å². The molecule has 70 valence electrons. The average Bonchev–Trinajstić information content (AvgIpc) is 2.47. The second kappa shape index (κ2) is 5.03. The third-order valence-corrected chi connectivity index (χ3v) is 3.03. The van der Waals surface area contributed by atoms with Crippen molar-refractivity contribution in [3.05, 3.63) is 11.6 Å². The van der Waals surface area contributed by atoms with Gasteiger partial charge in [0.1, 0.15) is 0 Å². The van der Waals surface area contributed by atoms with E-state index in [0.29, 0.717) is 12.2 Å². The van der Waals surface area contributed by atoms with Gasteiger partial charge in [-0.05, 0) is 26.2 Å². The normalized spacial score (nSPS) is 31.1. The first-order valence-corrected chi connectivity index (χ1v) is 5.79. The van der Waals surface area contributed by atoms with Crippen LogP contribution in [0.5, 0.6) is 0 Å². The zero-order valence-electron chi connectivity index (χ0n) is 7.85. The van der Waals surface area contributed by atoms with Gasteiger partial charge in [0.25, 0.3) is 0 Å². The standard InChI is InChI=1S/C10H17BrO/c1-3-9(7-11)6-10-5-4-8(2)12-10/h6,8,10H,3-5,7H2,1-2H3. The fourth-order valence-corrected chi connectivity index (χ4v) is 2.06. The van der Waals surface area contributed by atoms with Gasteiger partial charge in [0.05, 0.1) is 12.2 Å². The van der Waals surface area contributed by atoms with E-state index in [1.165, 1.54) is 18.4 Å². The molecule has 0 aromatic heterocycles. The Morgan fingerprint density at radius 2 is 2.33 bits per heavy atom. The highest BCUT2D eigenvalue weighted by Gasteiger charge is 2.19. The molecule has 0 radical (unpaired) electrons. The molecular formula is C10H17BrO. The molecule has 0 aromatic rings. The molecule has 2 unspecified atom stereocenters. The van der Waals surface area contributed by atoms with Crippen molar-refractivity contribution < 1.29 is 4.74 Å². The van der Waals surface area contributed by atoms with E-state index in [1.54, 1.807) is 0 Å². The number of ether oxygens (including phenoxy) is 1. The number of hydrogen-bond donors (Lipinski definition) is 0.